The lowest BCUT2D eigenvalue weighted by atomic mass is 10.0. The summed E-state index contributed by atoms with van der Waals surface area (Å²) in [6, 6.07) is 8.28. The molecule has 0 saturated heterocycles. The number of fused-ring (bicyclic) bond motifs is 1. The standard InChI is InChI=1S/C17H19N5OS/c1-11(2)12-5-7-13(8-6-12)16-20-21-17(23-16)24-10-15-19-18-14-4-3-9-22(14)15/h5-8,11H,3-4,9-10H2,1-2H3. The molecular formula is C17H19N5OS. The van der Waals surface area contributed by atoms with Crippen LogP contribution in [0.1, 0.15) is 43.4 Å². The molecule has 2 aromatic heterocycles. The Kier molecular flexibility index (Phi) is 4.10. The highest BCUT2D eigenvalue weighted by molar-refractivity contribution is 7.98. The smallest absolute Gasteiger partial charge is 0.277 e. The van der Waals surface area contributed by atoms with Gasteiger partial charge in [-0.3, -0.25) is 0 Å². The van der Waals surface area contributed by atoms with E-state index in [1.54, 1.807) is 0 Å². The van der Waals surface area contributed by atoms with Crippen LogP contribution in [0, 0.1) is 0 Å². The third-order valence-corrected chi connectivity index (χ3v) is 5.06. The monoisotopic (exact) mass is 341 g/mol. The van der Waals surface area contributed by atoms with Crippen molar-refractivity contribution in [3.8, 4) is 11.5 Å². The minimum Gasteiger partial charge on any atom is -0.411 e. The van der Waals surface area contributed by atoms with Gasteiger partial charge in [-0.15, -0.1) is 20.4 Å². The van der Waals surface area contributed by atoms with Crippen LogP contribution in [-0.2, 0) is 18.7 Å². The maximum Gasteiger partial charge on any atom is 0.277 e. The summed E-state index contributed by atoms with van der Waals surface area (Å²) in [5, 5.41) is 17.3. The molecule has 1 aliphatic heterocycles. The molecule has 124 valence electrons. The lowest BCUT2D eigenvalue weighted by Gasteiger charge is -2.04. The van der Waals surface area contributed by atoms with Crippen molar-refractivity contribution in [2.45, 2.75) is 50.1 Å². The Bertz CT molecular complexity index is 837. The van der Waals surface area contributed by atoms with Gasteiger partial charge in [-0.1, -0.05) is 37.7 Å². The first-order valence-electron chi connectivity index (χ1n) is 8.18. The van der Waals surface area contributed by atoms with Gasteiger partial charge in [-0.2, -0.15) is 0 Å². The van der Waals surface area contributed by atoms with Crippen LogP contribution in [-0.4, -0.2) is 25.0 Å². The maximum atomic E-state index is 5.77. The summed E-state index contributed by atoms with van der Waals surface area (Å²) in [6.45, 7) is 5.37. The SMILES string of the molecule is CC(C)c1ccc(-c2nnc(SCc3nnc4n3CCC4)o2)cc1. The molecule has 1 aromatic carbocycles. The molecule has 24 heavy (non-hydrogen) atoms. The van der Waals surface area contributed by atoms with Crippen LogP contribution in [0.15, 0.2) is 33.9 Å². The number of rotatable bonds is 5. The van der Waals surface area contributed by atoms with Crippen molar-refractivity contribution in [3.63, 3.8) is 0 Å². The predicted octanol–water partition coefficient (Wildman–Crippen LogP) is 3.69. The largest absolute Gasteiger partial charge is 0.411 e. The zero-order valence-corrected chi connectivity index (χ0v) is 14.6. The summed E-state index contributed by atoms with van der Waals surface area (Å²) >= 11 is 1.50. The summed E-state index contributed by atoms with van der Waals surface area (Å²) in [4.78, 5) is 0. The molecule has 0 unspecified atom stereocenters. The van der Waals surface area contributed by atoms with Crippen molar-refractivity contribution in [1.82, 2.24) is 25.0 Å². The molecule has 6 nitrogen and oxygen atoms in total. The minimum absolute atomic E-state index is 0.512. The quantitative estimate of drug-likeness (QED) is 0.659. The minimum atomic E-state index is 0.512. The van der Waals surface area contributed by atoms with Gasteiger partial charge in [0.1, 0.15) is 11.6 Å². The van der Waals surface area contributed by atoms with Crippen molar-refractivity contribution in [1.29, 1.82) is 0 Å². The fourth-order valence-corrected chi connectivity index (χ4v) is 3.54. The average molecular weight is 341 g/mol. The van der Waals surface area contributed by atoms with Gasteiger partial charge in [-0.25, -0.2) is 0 Å². The summed E-state index contributed by atoms with van der Waals surface area (Å²) in [5.74, 6) is 3.83. The molecule has 0 radical (unpaired) electrons. The molecule has 0 bridgehead atoms. The Morgan fingerprint density at radius 3 is 2.75 bits per heavy atom. The molecule has 3 aromatic rings. The second kappa shape index (κ2) is 6.39. The van der Waals surface area contributed by atoms with Crippen molar-refractivity contribution in [3.05, 3.63) is 41.5 Å². The molecule has 0 amide bonds. The number of hydrogen-bond acceptors (Lipinski definition) is 6. The zero-order valence-electron chi connectivity index (χ0n) is 13.8. The molecule has 4 rings (SSSR count). The van der Waals surface area contributed by atoms with E-state index in [1.165, 1.54) is 17.3 Å². The Morgan fingerprint density at radius 2 is 1.96 bits per heavy atom. The van der Waals surface area contributed by atoms with Gasteiger partial charge in [0.25, 0.3) is 5.22 Å². The van der Waals surface area contributed by atoms with Gasteiger partial charge in [0.05, 0.1) is 5.75 Å². The fraction of sp³-hybridized carbons (Fsp3) is 0.412. The molecular weight excluding hydrogens is 322 g/mol. The van der Waals surface area contributed by atoms with Crippen LogP contribution >= 0.6 is 11.8 Å². The van der Waals surface area contributed by atoms with Crippen LogP contribution in [0.2, 0.25) is 0 Å². The third-order valence-electron chi connectivity index (χ3n) is 4.24. The summed E-state index contributed by atoms with van der Waals surface area (Å²) < 4.78 is 7.96. The molecule has 0 saturated carbocycles. The number of hydrogen-bond donors (Lipinski definition) is 0. The Morgan fingerprint density at radius 1 is 1.12 bits per heavy atom. The van der Waals surface area contributed by atoms with Gasteiger partial charge in [0.2, 0.25) is 5.89 Å². The number of aromatic nitrogens is 5. The summed E-state index contributed by atoms with van der Waals surface area (Å²) in [7, 11) is 0. The summed E-state index contributed by atoms with van der Waals surface area (Å²) in [6.07, 6.45) is 2.17. The van der Waals surface area contributed by atoms with E-state index in [1.807, 2.05) is 12.1 Å². The van der Waals surface area contributed by atoms with E-state index >= 15 is 0 Å². The summed E-state index contributed by atoms with van der Waals surface area (Å²) in [5.41, 5.74) is 2.25. The Hall–Kier alpha value is -2.15. The highest BCUT2D eigenvalue weighted by Crippen LogP contribution is 2.27. The van der Waals surface area contributed by atoms with E-state index in [2.05, 4.69) is 50.9 Å². The van der Waals surface area contributed by atoms with Gasteiger partial charge in [-0.05, 0) is 30.0 Å². The van der Waals surface area contributed by atoms with E-state index in [0.717, 1.165) is 36.6 Å². The average Bonchev–Trinajstić information content (AvgIpc) is 3.30. The molecule has 0 spiro atoms. The lowest BCUT2D eigenvalue weighted by molar-refractivity contribution is 0.465. The van der Waals surface area contributed by atoms with Crippen molar-refractivity contribution < 1.29 is 4.42 Å². The highest BCUT2D eigenvalue weighted by Gasteiger charge is 2.18. The number of thioether (sulfide) groups is 1. The van der Waals surface area contributed by atoms with E-state index in [4.69, 9.17) is 4.42 Å². The van der Waals surface area contributed by atoms with Gasteiger partial charge in [0, 0.05) is 18.5 Å². The number of aryl methyl sites for hydroxylation is 1. The number of benzene rings is 1. The first-order chi connectivity index (χ1) is 11.7. The third kappa shape index (κ3) is 2.96. The van der Waals surface area contributed by atoms with Crippen molar-refractivity contribution >= 4 is 11.8 Å². The molecule has 0 atom stereocenters. The van der Waals surface area contributed by atoms with E-state index in [-0.39, 0.29) is 0 Å². The normalized spacial score (nSPS) is 13.6. The van der Waals surface area contributed by atoms with E-state index in [9.17, 15) is 0 Å². The molecule has 3 heterocycles. The maximum absolute atomic E-state index is 5.77. The predicted molar refractivity (Wildman–Crippen MR) is 91.7 cm³/mol. The molecule has 1 aliphatic rings. The molecule has 0 N–H and O–H groups in total. The first-order valence-corrected chi connectivity index (χ1v) is 9.17. The van der Waals surface area contributed by atoms with Crippen LogP contribution in [0.4, 0.5) is 0 Å². The topological polar surface area (TPSA) is 69.6 Å². The highest BCUT2D eigenvalue weighted by atomic mass is 32.2. The Labute approximate surface area is 144 Å². The van der Waals surface area contributed by atoms with Gasteiger partial charge >= 0.3 is 0 Å². The zero-order chi connectivity index (χ0) is 16.5. The van der Waals surface area contributed by atoms with Gasteiger partial charge in [0.15, 0.2) is 0 Å². The van der Waals surface area contributed by atoms with Crippen LogP contribution < -0.4 is 0 Å². The molecule has 0 aliphatic carbocycles. The molecule has 0 fully saturated rings. The molecule has 7 heteroatoms. The lowest BCUT2D eigenvalue weighted by Crippen LogP contribution is -1.99. The van der Waals surface area contributed by atoms with Crippen LogP contribution in [0.3, 0.4) is 0 Å². The van der Waals surface area contributed by atoms with E-state index in [0.29, 0.717) is 22.8 Å². The fourth-order valence-electron chi connectivity index (χ4n) is 2.84. The van der Waals surface area contributed by atoms with E-state index < -0.39 is 0 Å². The van der Waals surface area contributed by atoms with Crippen molar-refractivity contribution in [2.75, 3.05) is 0 Å². The van der Waals surface area contributed by atoms with Gasteiger partial charge < -0.3 is 8.98 Å². The number of nitrogens with zero attached hydrogens (tertiary/aromatic N) is 5. The first kappa shape index (κ1) is 15.4. The second-order valence-electron chi connectivity index (χ2n) is 6.23. The van der Waals surface area contributed by atoms with Crippen molar-refractivity contribution in [2.24, 2.45) is 0 Å². The van der Waals surface area contributed by atoms with Crippen LogP contribution in [0.25, 0.3) is 11.5 Å². The second-order valence-corrected chi connectivity index (χ2v) is 7.15. The van der Waals surface area contributed by atoms with Crippen LogP contribution in [0.5, 0.6) is 0 Å². The Balaban J connectivity index is 1.44.